The SMILES string of the molecule is CC(C)(C)c1ccc2c(c1)c1cc(C(C)(C)C)cc3c1n2B1c2cccc4c2N(c2ccccc2[Si]4(C)C)c2cc4c(oc5ccccc54)c-3c21. The van der Waals surface area contributed by atoms with Crippen LogP contribution < -0.4 is 26.2 Å². The molecule has 0 radical (unpaired) electrons. The molecule has 0 fully saturated rings. The van der Waals surface area contributed by atoms with E-state index in [0.717, 1.165) is 11.2 Å². The van der Waals surface area contributed by atoms with Crippen molar-refractivity contribution in [3.05, 3.63) is 114 Å². The third-order valence-electron chi connectivity index (χ3n) is 12.4. The van der Waals surface area contributed by atoms with Crippen LogP contribution >= 0.6 is 0 Å². The molecule has 51 heavy (non-hydrogen) atoms. The molecule has 8 aromatic rings. The summed E-state index contributed by atoms with van der Waals surface area (Å²) in [4.78, 5) is 2.63. The third kappa shape index (κ3) is 3.60. The van der Waals surface area contributed by atoms with Gasteiger partial charge in [-0.25, -0.2) is 0 Å². The van der Waals surface area contributed by atoms with E-state index in [1.165, 1.54) is 93.2 Å². The zero-order valence-corrected chi connectivity index (χ0v) is 31.7. The first kappa shape index (κ1) is 29.7. The normalized spacial score (nSPS) is 15.5. The van der Waals surface area contributed by atoms with E-state index in [-0.39, 0.29) is 17.7 Å². The standard InChI is InChI=1S/C46H41BN2OSi/c1-45(2,3)26-20-21-34-29(22-26)30-23-27(46(4,5)6)24-32-40-41-36(25-31-28-14-9-11-17-37(28)50-44(31)40)48-35-16-10-12-18-38(35)51(7,8)39-19-13-15-33(43(39)48)47(41)49(34)42(30)32/h9-25H,1-8H3. The Balaban J connectivity index is 1.41. The second kappa shape index (κ2) is 9.26. The second-order valence-electron chi connectivity index (χ2n) is 17.8. The van der Waals surface area contributed by atoms with Gasteiger partial charge < -0.3 is 13.8 Å². The molecule has 5 heteroatoms. The Morgan fingerprint density at radius 3 is 2.16 bits per heavy atom. The summed E-state index contributed by atoms with van der Waals surface area (Å²) >= 11 is 0. The third-order valence-corrected chi connectivity index (χ3v) is 16.0. The van der Waals surface area contributed by atoms with E-state index in [1.54, 1.807) is 0 Å². The van der Waals surface area contributed by atoms with Crippen molar-refractivity contribution in [3.63, 3.8) is 0 Å². The lowest BCUT2D eigenvalue weighted by atomic mass is 9.45. The first-order valence-corrected chi connectivity index (χ1v) is 21.5. The van der Waals surface area contributed by atoms with Gasteiger partial charge in [-0.1, -0.05) is 115 Å². The summed E-state index contributed by atoms with van der Waals surface area (Å²) in [6, 6.07) is 39.7. The van der Waals surface area contributed by atoms with Crippen molar-refractivity contribution in [1.82, 2.24) is 4.48 Å². The predicted octanol–water partition coefficient (Wildman–Crippen LogP) is 9.84. The second-order valence-corrected chi connectivity index (χ2v) is 22.1. The Morgan fingerprint density at radius 1 is 0.627 bits per heavy atom. The van der Waals surface area contributed by atoms with Crippen LogP contribution in [0.2, 0.25) is 13.1 Å². The van der Waals surface area contributed by atoms with E-state index in [0.29, 0.717) is 0 Å². The zero-order chi connectivity index (χ0) is 34.9. The van der Waals surface area contributed by atoms with Gasteiger partial charge in [0.15, 0.2) is 0 Å². The highest BCUT2D eigenvalue weighted by Gasteiger charge is 2.49. The highest BCUT2D eigenvalue weighted by atomic mass is 28.3. The first-order valence-electron chi connectivity index (χ1n) is 18.5. The van der Waals surface area contributed by atoms with Gasteiger partial charge in [0, 0.05) is 60.8 Å². The van der Waals surface area contributed by atoms with Gasteiger partial charge in [0.05, 0.1) is 0 Å². The smallest absolute Gasteiger partial charge is 0.333 e. The van der Waals surface area contributed by atoms with E-state index < -0.39 is 8.07 Å². The van der Waals surface area contributed by atoms with Crippen LogP contribution in [0.5, 0.6) is 0 Å². The van der Waals surface area contributed by atoms with Crippen LogP contribution in [0.4, 0.5) is 17.1 Å². The molecule has 0 saturated heterocycles. The molecule has 3 aliphatic heterocycles. The van der Waals surface area contributed by atoms with Crippen LogP contribution in [0, 0.1) is 0 Å². The van der Waals surface area contributed by atoms with Crippen molar-refractivity contribution in [2.24, 2.45) is 0 Å². The van der Waals surface area contributed by atoms with Gasteiger partial charge >= 0.3 is 6.85 Å². The summed E-state index contributed by atoms with van der Waals surface area (Å²) in [6.45, 7) is 19.1. The zero-order valence-electron chi connectivity index (χ0n) is 30.7. The Morgan fingerprint density at radius 2 is 1.35 bits per heavy atom. The van der Waals surface area contributed by atoms with Gasteiger partial charge in [-0.3, -0.25) is 0 Å². The van der Waals surface area contributed by atoms with E-state index >= 15 is 0 Å². The lowest BCUT2D eigenvalue weighted by molar-refractivity contribution is 0.590. The number of para-hydroxylation sites is 3. The lowest BCUT2D eigenvalue weighted by Gasteiger charge is -2.47. The number of fused-ring (bicyclic) bond motifs is 13. The van der Waals surface area contributed by atoms with Crippen LogP contribution in [0.1, 0.15) is 52.7 Å². The molecule has 0 spiro atoms. The number of hydrogen-bond acceptors (Lipinski definition) is 2. The molecule has 11 rings (SSSR count). The van der Waals surface area contributed by atoms with Crippen molar-refractivity contribution >= 4 is 97.0 Å². The highest BCUT2D eigenvalue weighted by molar-refractivity contribution is 7.04. The Bertz CT molecular complexity index is 2880. The largest absolute Gasteiger partial charge is 0.455 e. The molecule has 0 aliphatic carbocycles. The van der Waals surface area contributed by atoms with Crippen LogP contribution in [-0.4, -0.2) is 19.4 Å². The van der Waals surface area contributed by atoms with E-state index in [4.69, 9.17) is 4.42 Å². The number of hydrogen-bond donors (Lipinski definition) is 0. The van der Waals surface area contributed by atoms with Crippen molar-refractivity contribution in [3.8, 4) is 11.1 Å². The summed E-state index contributed by atoms with van der Waals surface area (Å²) in [5.41, 5.74) is 16.5. The average Bonchev–Trinajstić information content (AvgIpc) is 3.64. The molecule has 5 heterocycles. The maximum Gasteiger partial charge on any atom is 0.333 e. The highest BCUT2D eigenvalue weighted by Crippen LogP contribution is 2.51. The lowest BCUT2D eigenvalue weighted by Crippen LogP contribution is -2.65. The minimum Gasteiger partial charge on any atom is -0.455 e. The fourth-order valence-corrected chi connectivity index (χ4v) is 12.8. The fourth-order valence-electron chi connectivity index (χ4n) is 9.80. The minimum absolute atomic E-state index is 0.00217. The maximum atomic E-state index is 7.01. The molecule has 0 saturated carbocycles. The molecule has 0 N–H and O–H groups in total. The van der Waals surface area contributed by atoms with Gasteiger partial charge in [0.2, 0.25) is 0 Å². The van der Waals surface area contributed by atoms with Gasteiger partial charge in [-0.05, 0) is 85.7 Å². The van der Waals surface area contributed by atoms with Gasteiger partial charge in [0.25, 0.3) is 0 Å². The molecule has 0 atom stereocenters. The molecule has 3 aliphatic rings. The number of anilines is 3. The number of nitrogens with zero attached hydrogens (tertiary/aromatic N) is 2. The van der Waals surface area contributed by atoms with Crippen molar-refractivity contribution < 1.29 is 4.42 Å². The Kier molecular flexibility index (Phi) is 5.39. The van der Waals surface area contributed by atoms with Crippen molar-refractivity contribution in [2.75, 3.05) is 4.90 Å². The van der Waals surface area contributed by atoms with E-state index in [1.807, 2.05) is 0 Å². The molecule has 3 nitrogen and oxygen atoms in total. The fraction of sp³-hybridized carbons (Fsp3) is 0.217. The molecule has 0 unspecified atom stereocenters. The summed E-state index contributed by atoms with van der Waals surface area (Å²) in [5, 5.41) is 8.05. The number of rotatable bonds is 0. The van der Waals surface area contributed by atoms with E-state index in [2.05, 4.69) is 167 Å². The van der Waals surface area contributed by atoms with Crippen LogP contribution in [0.3, 0.4) is 0 Å². The Labute approximate surface area is 300 Å². The van der Waals surface area contributed by atoms with Crippen molar-refractivity contribution in [1.29, 1.82) is 0 Å². The number of aromatic nitrogens is 1. The monoisotopic (exact) mass is 676 g/mol. The molecule has 0 amide bonds. The molecular formula is C46H41BN2OSi. The summed E-state index contributed by atoms with van der Waals surface area (Å²) in [5.74, 6) is 0. The number of benzene rings is 6. The molecule has 6 aromatic carbocycles. The van der Waals surface area contributed by atoms with Crippen LogP contribution in [0.15, 0.2) is 108 Å². The summed E-state index contributed by atoms with van der Waals surface area (Å²) in [7, 11) is -2.03. The molecule has 0 bridgehead atoms. The topological polar surface area (TPSA) is 21.3 Å². The minimum atomic E-state index is -2.03. The van der Waals surface area contributed by atoms with Gasteiger partial charge in [-0.15, -0.1) is 0 Å². The Hall–Kier alpha value is -5.00. The number of furan rings is 1. The van der Waals surface area contributed by atoms with Crippen LogP contribution in [0.25, 0.3) is 54.9 Å². The first-order chi connectivity index (χ1) is 24.3. The van der Waals surface area contributed by atoms with Crippen molar-refractivity contribution in [2.45, 2.75) is 65.5 Å². The summed E-state index contributed by atoms with van der Waals surface area (Å²) in [6.07, 6.45) is 0. The quantitative estimate of drug-likeness (QED) is 0.149. The average molecular weight is 677 g/mol. The molecular weight excluding hydrogens is 635 g/mol. The van der Waals surface area contributed by atoms with E-state index in [9.17, 15) is 0 Å². The maximum absolute atomic E-state index is 7.01. The van der Waals surface area contributed by atoms with Gasteiger partial charge in [-0.2, -0.15) is 0 Å². The summed E-state index contributed by atoms with van der Waals surface area (Å²) < 4.78 is 9.72. The predicted molar refractivity (Wildman–Crippen MR) is 221 cm³/mol. The van der Waals surface area contributed by atoms with Gasteiger partial charge in [0.1, 0.15) is 19.2 Å². The molecule has 248 valence electrons. The van der Waals surface area contributed by atoms with Crippen LogP contribution in [-0.2, 0) is 10.8 Å². The molecule has 2 aromatic heterocycles.